The summed E-state index contributed by atoms with van der Waals surface area (Å²) in [5.41, 5.74) is 0. The van der Waals surface area contributed by atoms with Gasteiger partial charge >= 0.3 is 5.97 Å². The summed E-state index contributed by atoms with van der Waals surface area (Å²) in [6.07, 6.45) is 1.53. The molecule has 0 bridgehead atoms. The molecular formula is C7H8O3S. The van der Waals surface area contributed by atoms with Gasteiger partial charge in [0.15, 0.2) is 0 Å². The molecule has 0 N–H and O–H groups in total. The first-order valence-electron chi connectivity index (χ1n) is 3.12. The van der Waals surface area contributed by atoms with Crippen LogP contribution < -0.4 is 0 Å². The highest BCUT2D eigenvalue weighted by molar-refractivity contribution is 7.81. The minimum absolute atomic E-state index is 0.0979. The number of furan rings is 1. The molecule has 0 fully saturated rings. The van der Waals surface area contributed by atoms with Crippen LogP contribution >= 0.6 is 12.6 Å². The van der Waals surface area contributed by atoms with E-state index in [1.54, 1.807) is 12.1 Å². The van der Waals surface area contributed by atoms with Gasteiger partial charge in [-0.05, 0) is 12.1 Å². The SMILES string of the molecule is O=C(CS)OCc1ccco1. The first-order chi connectivity index (χ1) is 5.33. The molecular weight excluding hydrogens is 164 g/mol. The van der Waals surface area contributed by atoms with Gasteiger partial charge in [0.2, 0.25) is 0 Å². The summed E-state index contributed by atoms with van der Waals surface area (Å²) >= 11 is 3.74. The Morgan fingerprint density at radius 3 is 3.09 bits per heavy atom. The maximum absolute atomic E-state index is 10.6. The van der Waals surface area contributed by atoms with Crippen LogP contribution in [0.3, 0.4) is 0 Å². The molecule has 0 aromatic carbocycles. The third-order valence-corrected chi connectivity index (χ3v) is 1.34. The first-order valence-corrected chi connectivity index (χ1v) is 3.75. The molecule has 1 heterocycles. The molecule has 0 amide bonds. The van der Waals surface area contributed by atoms with E-state index < -0.39 is 0 Å². The topological polar surface area (TPSA) is 39.4 Å². The Kier molecular flexibility index (Phi) is 3.04. The van der Waals surface area contributed by atoms with Gasteiger partial charge in [0, 0.05) is 0 Å². The number of ether oxygens (including phenoxy) is 1. The van der Waals surface area contributed by atoms with E-state index in [1.807, 2.05) is 0 Å². The Balaban J connectivity index is 2.29. The van der Waals surface area contributed by atoms with E-state index in [4.69, 9.17) is 9.15 Å². The molecule has 11 heavy (non-hydrogen) atoms. The highest BCUT2D eigenvalue weighted by Crippen LogP contribution is 2.01. The van der Waals surface area contributed by atoms with Crippen LogP contribution in [0.2, 0.25) is 0 Å². The summed E-state index contributed by atoms with van der Waals surface area (Å²) < 4.78 is 9.65. The maximum atomic E-state index is 10.6. The summed E-state index contributed by atoms with van der Waals surface area (Å²) in [5, 5.41) is 0. The van der Waals surface area contributed by atoms with Crippen LogP contribution in [-0.2, 0) is 16.1 Å². The van der Waals surface area contributed by atoms with E-state index >= 15 is 0 Å². The number of hydrogen-bond donors (Lipinski definition) is 1. The molecule has 4 heteroatoms. The highest BCUT2D eigenvalue weighted by atomic mass is 32.1. The molecule has 0 unspecified atom stereocenters. The lowest BCUT2D eigenvalue weighted by molar-refractivity contribution is -0.142. The molecule has 1 aromatic rings. The van der Waals surface area contributed by atoms with Crippen molar-refractivity contribution in [1.29, 1.82) is 0 Å². The fourth-order valence-corrected chi connectivity index (χ4v) is 0.683. The number of esters is 1. The van der Waals surface area contributed by atoms with E-state index in [-0.39, 0.29) is 18.3 Å². The van der Waals surface area contributed by atoms with Crippen LogP contribution in [0.4, 0.5) is 0 Å². The molecule has 0 aliphatic rings. The molecule has 1 aromatic heterocycles. The van der Waals surface area contributed by atoms with Gasteiger partial charge in [0.1, 0.15) is 12.4 Å². The van der Waals surface area contributed by atoms with E-state index in [0.717, 1.165) is 0 Å². The molecule has 0 radical (unpaired) electrons. The highest BCUT2D eigenvalue weighted by Gasteiger charge is 2.00. The zero-order valence-electron chi connectivity index (χ0n) is 5.82. The van der Waals surface area contributed by atoms with Crippen LogP contribution in [0.15, 0.2) is 22.8 Å². The number of rotatable bonds is 3. The van der Waals surface area contributed by atoms with Crippen molar-refractivity contribution < 1.29 is 13.9 Å². The number of thiol groups is 1. The molecule has 0 saturated carbocycles. The third-order valence-electron chi connectivity index (χ3n) is 1.08. The molecule has 3 nitrogen and oxygen atoms in total. The van der Waals surface area contributed by atoms with Crippen LogP contribution in [0.5, 0.6) is 0 Å². The van der Waals surface area contributed by atoms with Gasteiger partial charge in [-0.15, -0.1) is 0 Å². The van der Waals surface area contributed by atoms with E-state index in [1.165, 1.54) is 6.26 Å². The summed E-state index contributed by atoms with van der Waals surface area (Å²) in [4.78, 5) is 10.6. The number of carbonyl (C=O) groups excluding carboxylic acids is 1. The Bertz CT molecular complexity index is 218. The lowest BCUT2D eigenvalue weighted by Gasteiger charge is -1.97. The molecule has 0 aliphatic heterocycles. The van der Waals surface area contributed by atoms with Crippen LogP contribution in [0, 0.1) is 0 Å². The van der Waals surface area contributed by atoms with Gasteiger partial charge in [-0.2, -0.15) is 12.6 Å². The molecule has 0 saturated heterocycles. The Morgan fingerprint density at radius 1 is 1.73 bits per heavy atom. The van der Waals surface area contributed by atoms with Crippen molar-refractivity contribution in [3.05, 3.63) is 24.2 Å². The van der Waals surface area contributed by atoms with E-state index in [2.05, 4.69) is 12.6 Å². The van der Waals surface area contributed by atoms with Crippen LogP contribution in [0.1, 0.15) is 5.76 Å². The molecule has 0 atom stereocenters. The fraction of sp³-hybridized carbons (Fsp3) is 0.286. The van der Waals surface area contributed by atoms with Gasteiger partial charge in [-0.25, -0.2) is 0 Å². The Morgan fingerprint density at radius 2 is 2.55 bits per heavy atom. The van der Waals surface area contributed by atoms with Gasteiger partial charge in [0.05, 0.1) is 12.0 Å². The Labute approximate surface area is 69.8 Å². The van der Waals surface area contributed by atoms with Crippen molar-refractivity contribution in [2.75, 3.05) is 5.75 Å². The molecule has 0 spiro atoms. The smallest absolute Gasteiger partial charge is 0.316 e. The van der Waals surface area contributed by atoms with Crippen molar-refractivity contribution in [1.82, 2.24) is 0 Å². The normalized spacial score (nSPS) is 9.55. The van der Waals surface area contributed by atoms with E-state index in [0.29, 0.717) is 5.76 Å². The zero-order chi connectivity index (χ0) is 8.10. The van der Waals surface area contributed by atoms with Crippen molar-refractivity contribution in [3.63, 3.8) is 0 Å². The molecule has 0 aliphatic carbocycles. The van der Waals surface area contributed by atoms with E-state index in [9.17, 15) is 4.79 Å². The second-order valence-electron chi connectivity index (χ2n) is 1.90. The zero-order valence-corrected chi connectivity index (χ0v) is 6.71. The standard InChI is InChI=1S/C7H8O3S/c8-7(5-11)10-4-6-2-1-3-9-6/h1-3,11H,4-5H2. The lowest BCUT2D eigenvalue weighted by Crippen LogP contribution is -2.04. The van der Waals surface area contributed by atoms with Crippen LogP contribution in [0.25, 0.3) is 0 Å². The monoisotopic (exact) mass is 172 g/mol. The van der Waals surface area contributed by atoms with Crippen LogP contribution in [-0.4, -0.2) is 11.7 Å². The summed E-state index contributed by atoms with van der Waals surface area (Å²) in [6.45, 7) is 0.187. The van der Waals surface area contributed by atoms with Gasteiger partial charge in [0.25, 0.3) is 0 Å². The summed E-state index contributed by atoms with van der Waals surface area (Å²) in [7, 11) is 0. The number of hydrogen-bond acceptors (Lipinski definition) is 4. The van der Waals surface area contributed by atoms with Gasteiger partial charge < -0.3 is 9.15 Å². The van der Waals surface area contributed by atoms with Gasteiger partial charge in [-0.1, -0.05) is 0 Å². The van der Waals surface area contributed by atoms with Crippen molar-refractivity contribution in [3.8, 4) is 0 Å². The first kappa shape index (κ1) is 8.20. The Hall–Kier alpha value is -0.900. The average Bonchev–Trinajstić information content (AvgIpc) is 2.52. The van der Waals surface area contributed by atoms with Crippen molar-refractivity contribution in [2.24, 2.45) is 0 Å². The minimum atomic E-state index is -0.343. The fourth-order valence-electron chi connectivity index (χ4n) is 0.592. The van der Waals surface area contributed by atoms with Crippen molar-refractivity contribution in [2.45, 2.75) is 6.61 Å². The predicted octanol–water partition coefficient (Wildman–Crippen LogP) is 1.25. The molecule has 1 rings (SSSR count). The largest absolute Gasteiger partial charge is 0.466 e. The van der Waals surface area contributed by atoms with Gasteiger partial charge in [-0.3, -0.25) is 4.79 Å². The second-order valence-corrected chi connectivity index (χ2v) is 2.21. The van der Waals surface area contributed by atoms with Crippen molar-refractivity contribution >= 4 is 18.6 Å². The second kappa shape index (κ2) is 4.08. The third kappa shape index (κ3) is 2.67. The summed E-state index contributed by atoms with van der Waals surface area (Å²) in [6, 6.07) is 3.48. The number of carbonyl (C=O) groups is 1. The molecule has 60 valence electrons. The lowest BCUT2D eigenvalue weighted by atomic mass is 10.5. The summed E-state index contributed by atoms with van der Waals surface area (Å²) in [5.74, 6) is 0.394. The average molecular weight is 172 g/mol. The minimum Gasteiger partial charge on any atom is -0.466 e. The predicted molar refractivity (Wildman–Crippen MR) is 42.4 cm³/mol. The quantitative estimate of drug-likeness (QED) is 0.551. The maximum Gasteiger partial charge on any atom is 0.316 e.